The van der Waals surface area contributed by atoms with Gasteiger partial charge in [0.25, 0.3) is 0 Å². The number of imide groups is 1. The molecular weight excluding hydrogens is 430 g/mol. The largest absolute Gasteiger partial charge is 0.462 e. The van der Waals surface area contributed by atoms with Crippen molar-refractivity contribution >= 4 is 39.8 Å². The first-order valence-electron chi connectivity index (χ1n) is 8.89. The Labute approximate surface area is 174 Å². The number of esters is 1. The molecule has 0 radical (unpaired) electrons. The summed E-state index contributed by atoms with van der Waals surface area (Å²) in [5.74, 6) is -0.671. The second-order valence-corrected chi connectivity index (χ2v) is 8.99. The van der Waals surface area contributed by atoms with Crippen molar-refractivity contribution in [3.05, 3.63) is 27.7 Å². The summed E-state index contributed by atoms with van der Waals surface area (Å²) in [6, 6.07) is 3.04. The lowest BCUT2D eigenvalue weighted by molar-refractivity contribution is 0.0430. The van der Waals surface area contributed by atoms with Gasteiger partial charge in [-0.05, 0) is 73.1 Å². The molecular formula is C20H28BrNO6. The fraction of sp³-hybridized carbons (Fsp3) is 0.550. The molecule has 0 unspecified atom stereocenters. The fourth-order valence-corrected chi connectivity index (χ4v) is 2.45. The van der Waals surface area contributed by atoms with Crippen LogP contribution in [0.3, 0.4) is 0 Å². The number of hydrogen-bond acceptors (Lipinski definition) is 6. The molecule has 0 heterocycles. The molecule has 1 aromatic carbocycles. The minimum atomic E-state index is -0.950. The first kappa shape index (κ1) is 23.9. The molecule has 0 atom stereocenters. The Morgan fingerprint density at radius 1 is 0.964 bits per heavy atom. The maximum Gasteiger partial charge on any atom is 0.424 e. The van der Waals surface area contributed by atoms with Gasteiger partial charge in [0.05, 0.1) is 17.9 Å². The molecule has 28 heavy (non-hydrogen) atoms. The number of rotatable bonds is 3. The fourth-order valence-electron chi connectivity index (χ4n) is 2.11. The Kier molecular flexibility index (Phi) is 7.65. The minimum Gasteiger partial charge on any atom is -0.462 e. The molecule has 0 aromatic heterocycles. The number of benzene rings is 1. The van der Waals surface area contributed by atoms with Gasteiger partial charge in [0.15, 0.2) is 0 Å². The van der Waals surface area contributed by atoms with E-state index in [0.717, 1.165) is 4.90 Å². The average molecular weight is 458 g/mol. The lowest BCUT2D eigenvalue weighted by atomic mass is 10.1. The third kappa shape index (κ3) is 6.82. The van der Waals surface area contributed by atoms with Gasteiger partial charge in [0.1, 0.15) is 11.2 Å². The van der Waals surface area contributed by atoms with E-state index >= 15 is 0 Å². The third-order valence-corrected chi connectivity index (χ3v) is 4.02. The van der Waals surface area contributed by atoms with E-state index in [2.05, 4.69) is 15.9 Å². The molecule has 2 amide bonds. The van der Waals surface area contributed by atoms with E-state index in [4.69, 9.17) is 14.2 Å². The normalized spacial score (nSPS) is 11.6. The van der Waals surface area contributed by atoms with E-state index in [1.807, 2.05) is 0 Å². The van der Waals surface area contributed by atoms with Gasteiger partial charge in [-0.3, -0.25) is 0 Å². The van der Waals surface area contributed by atoms with Gasteiger partial charge in [-0.1, -0.05) is 15.9 Å². The average Bonchev–Trinajstić information content (AvgIpc) is 2.47. The summed E-state index contributed by atoms with van der Waals surface area (Å²) in [5, 5.41) is 0. The smallest absolute Gasteiger partial charge is 0.424 e. The number of ether oxygens (including phenoxy) is 3. The van der Waals surface area contributed by atoms with Crippen LogP contribution in [0.1, 0.15) is 64.4 Å². The maximum absolute atomic E-state index is 12.9. The zero-order chi connectivity index (χ0) is 21.9. The van der Waals surface area contributed by atoms with E-state index in [0.29, 0.717) is 10.0 Å². The molecule has 0 aliphatic heterocycles. The van der Waals surface area contributed by atoms with Gasteiger partial charge in [-0.25, -0.2) is 14.4 Å². The van der Waals surface area contributed by atoms with Gasteiger partial charge >= 0.3 is 18.2 Å². The minimum absolute atomic E-state index is 0.0302. The summed E-state index contributed by atoms with van der Waals surface area (Å²) in [7, 11) is 0. The molecule has 0 fully saturated rings. The van der Waals surface area contributed by atoms with Crippen molar-refractivity contribution in [2.24, 2.45) is 0 Å². The third-order valence-electron chi connectivity index (χ3n) is 3.17. The summed E-state index contributed by atoms with van der Waals surface area (Å²) >= 11 is 3.36. The highest BCUT2D eigenvalue weighted by molar-refractivity contribution is 9.10. The zero-order valence-corrected chi connectivity index (χ0v) is 19.2. The molecule has 0 N–H and O–H groups in total. The number of anilines is 1. The number of nitrogens with zero attached hydrogens (tertiary/aromatic N) is 1. The number of carbonyl (C=O) groups is 3. The van der Waals surface area contributed by atoms with Crippen LogP contribution in [0.4, 0.5) is 15.3 Å². The lowest BCUT2D eigenvalue weighted by Crippen LogP contribution is -2.44. The SMILES string of the molecule is CCOC(=O)c1cc(Br)c(C)cc1N(C(=O)OC(C)(C)C)C(=O)OC(C)(C)C. The molecule has 0 aliphatic carbocycles. The quantitative estimate of drug-likeness (QED) is 0.433. The summed E-state index contributed by atoms with van der Waals surface area (Å²) < 4.78 is 16.5. The van der Waals surface area contributed by atoms with Crippen LogP contribution >= 0.6 is 15.9 Å². The van der Waals surface area contributed by atoms with Crippen molar-refractivity contribution in [3.8, 4) is 0 Å². The molecule has 7 nitrogen and oxygen atoms in total. The summed E-state index contributed by atoms with van der Waals surface area (Å²) in [4.78, 5) is 38.9. The van der Waals surface area contributed by atoms with Gasteiger partial charge in [-0.15, -0.1) is 0 Å². The van der Waals surface area contributed by atoms with Crippen molar-refractivity contribution in [2.75, 3.05) is 11.5 Å². The first-order valence-corrected chi connectivity index (χ1v) is 9.69. The number of hydrogen-bond donors (Lipinski definition) is 0. The molecule has 0 bridgehead atoms. The van der Waals surface area contributed by atoms with Crippen LogP contribution in [0.25, 0.3) is 0 Å². The number of amides is 2. The van der Waals surface area contributed by atoms with Crippen molar-refractivity contribution in [1.29, 1.82) is 0 Å². The molecule has 0 spiro atoms. The van der Waals surface area contributed by atoms with Crippen molar-refractivity contribution in [3.63, 3.8) is 0 Å². The monoisotopic (exact) mass is 457 g/mol. The maximum atomic E-state index is 12.9. The van der Waals surface area contributed by atoms with Crippen LogP contribution in [-0.2, 0) is 14.2 Å². The Bertz CT molecular complexity index is 733. The predicted molar refractivity (Wildman–Crippen MR) is 110 cm³/mol. The Hall–Kier alpha value is -2.09. The van der Waals surface area contributed by atoms with Gasteiger partial charge in [0, 0.05) is 4.47 Å². The number of halogens is 1. The molecule has 1 aromatic rings. The molecule has 0 aliphatic rings. The Morgan fingerprint density at radius 3 is 1.82 bits per heavy atom. The van der Waals surface area contributed by atoms with Gasteiger partial charge in [-0.2, -0.15) is 4.90 Å². The second-order valence-electron chi connectivity index (χ2n) is 8.14. The Morgan fingerprint density at radius 2 is 1.43 bits per heavy atom. The standard InChI is InChI=1S/C20H28BrNO6/c1-9-26-16(23)13-11-14(21)12(2)10-15(13)22(17(24)27-19(3,4)5)18(25)28-20(6,7)8/h10-11H,9H2,1-8H3. The van der Waals surface area contributed by atoms with Crippen LogP contribution in [0, 0.1) is 6.92 Å². The summed E-state index contributed by atoms with van der Waals surface area (Å²) in [6.45, 7) is 13.6. The highest BCUT2D eigenvalue weighted by Gasteiger charge is 2.35. The number of carbonyl (C=O) groups excluding carboxylic acids is 3. The van der Waals surface area contributed by atoms with Crippen LogP contribution in [0.2, 0.25) is 0 Å². The topological polar surface area (TPSA) is 82.1 Å². The van der Waals surface area contributed by atoms with Crippen LogP contribution in [0.5, 0.6) is 0 Å². The van der Waals surface area contributed by atoms with E-state index in [-0.39, 0.29) is 17.9 Å². The van der Waals surface area contributed by atoms with E-state index < -0.39 is 29.4 Å². The highest BCUT2D eigenvalue weighted by Crippen LogP contribution is 2.31. The Balaban J connectivity index is 3.60. The molecule has 0 saturated heterocycles. The summed E-state index contributed by atoms with van der Waals surface area (Å²) in [6.07, 6.45) is -1.90. The van der Waals surface area contributed by atoms with Crippen molar-refractivity contribution < 1.29 is 28.6 Å². The van der Waals surface area contributed by atoms with Crippen LogP contribution in [-0.4, -0.2) is 36.0 Å². The van der Waals surface area contributed by atoms with E-state index in [9.17, 15) is 14.4 Å². The van der Waals surface area contributed by atoms with E-state index in [1.165, 1.54) is 12.1 Å². The predicted octanol–water partition coefficient (Wildman–Crippen LogP) is 5.61. The van der Waals surface area contributed by atoms with Crippen LogP contribution in [0.15, 0.2) is 16.6 Å². The number of aryl methyl sites for hydroxylation is 1. The van der Waals surface area contributed by atoms with E-state index in [1.54, 1.807) is 55.4 Å². The molecule has 0 saturated carbocycles. The lowest BCUT2D eigenvalue weighted by Gasteiger charge is -2.29. The molecule has 156 valence electrons. The van der Waals surface area contributed by atoms with Crippen LogP contribution < -0.4 is 4.90 Å². The summed E-state index contributed by atoms with van der Waals surface area (Å²) in [5.41, 5.74) is -0.934. The van der Waals surface area contributed by atoms with Crippen molar-refractivity contribution in [2.45, 2.75) is 66.6 Å². The van der Waals surface area contributed by atoms with Gasteiger partial charge < -0.3 is 14.2 Å². The molecule has 8 heteroatoms. The highest BCUT2D eigenvalue weighted by atomic mass is 79.9. The molecule has 1 rings (SSSR count). The first-order chi connectivity index (χ1) is 12.7. The second kappa shape index (κ2) is 8.94. The zero-order valence-electron chi connectivity index (χ0n) is 17.6. The van der Waals surface area contributed by atoms with Gasteiger partial charge in [0.2, 0.25) is 0 Å². The van der Waals surface area contributed by atoms with Crippen molar-refractivity contribution in [1.82, 2.24) is 0 Å².